The van der Waals surface area contributed by atoms with Crippen LogP contribution in [0, 0.1) is 0 Å². The largest absolute Gasteiger partial charge is 0.480 e. The molecular formula is C13H15N3O6S. The standard InChI is InChI=1S/C13H15N3O6S/c14-23(21,22)10-5-11(17)16(7-10)9-3-1-8(2-4-9)13(20)15-6-12(18)19/h1-4,10H,5-7H2,(H,15,20)(H,18,19)(H2,14,21,22). The van der Waals surface area contributed by atoms with Crippen LogP contribution in [0.2, 0.25) is 0 Å². The Labute approximate surface area is 132 Å². The van der Waals surface area contributed by atoms with E-state index >= 15 is 0 Å². The van der Waals surface area contributed by atoms with Gasteiger partial charge in [0, 0.05) is 24.2 Å². The average Bonchev–Trinajstić information content (AvgIpc) is 2.87. The Morgan fingerprint density at radius 2 is 1.91 bits per heavy atom. The fourth-order valence-corrected chi connectivity index (χ4v) is 2.93. The van der Waals surface area contributed by atoms with E-state index in [2.05, 4.69) is 5.32 Å². The molecule has 1 aromatic carbocycles. The van der Waals surface area contributed by atoms with Crippen molar-refractivity contribution in [1.29, 1.82) is 0 Å². The van der Waals surface area contributed by atoms with E-state index in [-0.39, 0.29) is 24.4 Å². The van der Waals surface area contributed by atoms with Gasteiger partial charge in [0.15, 0.2) is 0 Å². The van der Waals surface area contributed by atoms with Gasteiger partial charge in [0.1, 0.15) is 11.8 Å². The van der Waals surface area contributed by atoms with Gasteiger partial charge >= 0.3 is 5.97 Å². The summed E-state index contributed by atoms with van der Waals surface area (Å²) in [7, 11) is -3.80. The number of primary sulfonamides is 1. The average molecular weight is 341 g/mol. The van der Waals surface area contributed by atoms with Crippen molar-refractivity contribution in [2.75, 3.05) is 18.0 Å². The second kappa shape index (κ2) is 6.34. The topological polar surface area (TPSA) is 147 Å². The number of benzene rings is 1. The number of hydrogen-bond acceptors (Lipinski definition) is 5. The minimum atomic E-state index is -3.80. The number of carbonyl (C=O) groups is 3. The van der Waals surface area contributed by atoms with Crippen molar-refractivity contribution in [3.63, 3.8) is 0 Å². The number of nitrogens with two attached hydrogens (primary N) is 1. The molecule has 2 rings (SSSR count). The first-order valence-corrected chi connectivity index (χ1v) is 8.21. The van der Waals surface area contributed by atoms with E-state index < -0.39 is 33.7 Å². The molecule has 0 aromatic heterocycles. The van der Waals surface area contributed by atoms with Gasteiger partial charge < -0.3 is 15.3 Å². The molecule has 1 saturated heterocycles. The van der Waals surface area contributed by atoms with Crippen molar-refractivity contribution in [3.8, 4) is 0 Å². The van der Waals surface area contributed by atoms with E-state index in [0.29, 0.717) is 5.69 Å². The van der Waals surface area contributed by atoms with Crippen LogP contribution in [0.4, 0.5) is 5.69 Å². The molecule has 124 valence electrons. The number of nitrogens with one attached hydrogen (secondary N) is 1. The Morgan fingerprint density at radius 1 is 1.30 bits per heavy atom. The fraction of sp³-hybridized carbons (Fsp3) is 0.308. The summed E-state index contributed by atoms with van der Waals surface area (Å²) in [6.45, 7) is -0.538. The predicted octanol–water partition coefficient (Wildman–Crippen LogP) is -1.11. The molecule has 23 heavy (non-hydrogen) atoms. The van der Waals surface area contributed by atoms with Crippen LogP contribution in [-0.2, 0) is 19.6 Å². The molecule has 1 aliphatic heterocycles. The second-order valence-electron chi connectivity index (χ2n) is 5.04. The summed E-state index contributed by atoms with van der Waals surface area (Å²) in [6, 6.07) is 5.81. The number of hydrogen-bond donors (Lipinski definition) is 3. The van der Waals surface area contributed by atoms with Gasteiger partial charge in [-0.05, 0) is 24.3 Å². The summed E-state index contributed by atoms with van der Waals surface area (Å²) >= 11 is 0. The minimum absolute atomic E-state index is 0.0395. The molecule has 0 bridgehead atoms. The lowest BCUT2D eigenvalue weighted by molar-refractivity contribution is -0.135. The fourth-order valence-electron chi connectivity index (χ4n) is 2.20. The van der Waals surface area contributed by atoms with E-state index in [0.717, 1.165) is 0 Å². The summed E-state index contributed by atoms with van der Waals surface area (Å²) in [5.41, 5.74) is 0.667. The number of carboxylic acid groups (broad SMARTS) is 1. The summed E-state index contributed by atoms with van der Waals surface area (Å²) in [4.78, 5) is 35.2. The van der Waals surface area contributed by atoms with Gasteiger partial charge in [-0.3, -0.25) is 14.4 Å². The first kappa shape index (κ1) is 16.9. The SMILES string of the molecule is NS(=O)(=O)C1CC(=O)N(c2ccc(C(=O)NCC(=O)O)cc2)C1. The highest BCUT2D eigenvalue weighted by molar-refractivity contribution is 7.89. The highest BCUT2D eigenvalue weighted by Crippen LogP contribution is 2.24. The Bertz CT molecular complexity index is 743. The molecule has 0 radical (unpaired) electrons. The number of carboxylic acids is 1. The zero-order valence-corrected chi connectivity index (χ0v) is 12.7. The van der Waals surface area contributed by atoms with Crippen LogP contribution in [0.15, 0.2) is 24.3 Å². The third-order valence-corrected chi connectivity index (χ3v) is 4.64. The molecular weight excluding hydrogens is 326 g/mol. The zero-order valence-electron chi connectivity index (χ0n) is 11.9. The molecule has 2 amide bonds. The summed E-state index contributed by atoms with van der Waals surface area (Å²) in [5, 5.41) is 14.8. The lowest BCUT2D eigenvalue weighted by Gasteiger charge is -2.16. The predicted molar refractivity (Wildman–Crippen MR) is 80.3 cm³/mol. The van der Waals surface area contributed by atoms with Crippen molar-refractivity contribution >= 4 is 33.5 Å². The summed E-state index contributed by atoms with van der Waals surface area (Å²) in [5.74, 6) is -2.09. The number of anilines is 1. The maximum absolute atomic E-state index is 11.9. The molecule has 0 aliphatic carbocycles. The number of amides is 2. The zero-order chi connectivity index (χ0) is 17.2. The van der Waals surface area contributed by atoms with E-state index in [4.69, 9.17) is 10.2 Å². The quantitative estimate of drug-likeness (QED) is 0.619. The first-order valence-electron chi connectivity index (χ1n) is 6.60. The molecule has 0 spiro atoms. The number of rotatable bonds is 5. The molecule has 1 aliphatic rings. The lowest BCUT2D eigenvalue weighted by Crippen LogP contribution is -2.32. The molecule has 1 atom stereocenters. The second-order valence-corrected chi connectivity index (χ2v) is 6.89. The molecule has 1 aromatic rings. The third kappa shape index (κ3) is 4.05. The van der Waals surface area contributed by atoms with E-state index in [1.165, 1.54) is 29.2 Å². The van der Waals surface area contributed by atoms with Gasteiger partial charge in [-0.2, -0.15) is 0 Å². The maximum atomic E-state index is 11.9. The van der Waals surface area contributed by atoms with E-state index in [9.17, 15) is 22.8 Å². The van der Waals surface area contributed by atoms with Crippen LogP contribution in [0.25, 0.3) is 0 Å². The van der Waals surface area contributed by atoms with Crippen LogP contribution in [0.5, 0.6) is 0 Å². The normalized spacial score (nSPS) is 18.0. The Balaban J connectivity index is 2.09. The molecule has 10 heteroatoms. The molecule has 9 nitrogen and oxygen atoms in total. The Morgan fingerprint density at radius 3 is 2.39 bits per heavy atom. The van der Waals surface area contributed by atoms with Crippen molar-refractivity contribution < 1.29 is 27.9 Å². The van der Waals surface area contributed by atoms with Gasteiger partial charge in [-0.1, -0.05) is 0 Å². The molecule has 1 heterocycles. The number of aliphatic carboxylic acids is 1. The third-order valence-electron chi connectivity index (χ3n) is 3.40. The van der Waals surface area contributed by atoms with Crippen molar-refractivity contribution in [3.05, 3.63) is 29.8 Å². The number of carbonyl (C=O) groups excluding carboxylic acids is 2. The van der Waals surface area contributed by atoms with Gasteiger partial charge in [0.25, 0.3) is 5.91 Å². The molecule has 4 N–H and O–H groups in total. The molecule has 1 fully saturated rings. The smallest absolute Gasteiger partial charge is 0.322 e. The van der Waals surface area contributed by atoms with Crippen LogP contribution < -0.4 is 15.4 Å². The maximum Gasteiger partial charge on any atom is 0.322 e. The number of sulfonamides is 1. The van der Waals surface area contributed by atoms with E-state index in [1.54, 1.807) is 0 Å². The summed E-state index contributed by atoms with van der Waals surface area (Å²) in [6.07, 6.45) is -0.181. The Kier molecular flexibility index (Phi) is 4.66. The van der Waals surface area contributed by atoms with Crippen molar-refractivity contribution in [2.24, 2.45) is 5.14 Å². The van der Waals surface area contributed by atoms with Gasteiger partial charge in [0.2, 0.25) is 15.9 Å². The van der Waals surface area contributed by atoms with Crippen LogP contribution >= 0.6 is 0 Å². The van der Waals surface area contributed by atoms with E-state index in [1.807, 2.05) is 0 Å². The van der Waals surface area contributed by atoms with Crippen LogP contribution in [-0.4, -0.2) is 49.6 Å². The number of nitrogens with zero attached hydrogens (tertiary/aromatic N) is 1. The first-order chi connectivity index (χ1) is 10.7. The molecule has 0 saturated carbocycles. The van der Waals surface area contributed by atoms with Crippen LogP contribution in [0.1, 0.15) is 16.8 Å². The van der Waals surface area contributed by atoms with Gasteiger partial charge in [-0.25, -0.2) is 13.6 Å². The van der Waals surface area contributed by atoms with Gasteiger partial charge in [0.05, 0.1) is 0 Å². The van der Waals surface area contributed by atoms with Crippen molar-refractivity contribution in [2.45, 2.75) is 11.7 Å². The minimum Gasteiger partial charge on any atom is -0.480 e. The highest BCUT2D eigenvalue weighted by Gasteiger charge is 2.37. The monoisotopic (exact) mass is 341 g/mol. The Hall–Kier alpha value is -2.46. The summed E-state index contributed by atoms with van der Waals surface area (Å²) < 4.78 is 22.6. The van der Waals surface area contributed by atoms with Gasteiger partial charge in [-0.15, -0.1) is 0 Å². The highest BCUT2D eigenvalue weighted by atomic mass is 32.2. The van der Waals surface area contributed by atoms with Crippen molar-refractivity contribution in [1.82, 2.24) is 5.32 Å². The van der Waals surface area contributed by atoms with Crippen LogP contribution in [0.3, 0.4) is 0 Å². The lowest BCUT2D eigenvalue weighted by atomic mass is 10.2. The molecule has 1 unspecified atom stereocenters.